The molecule has 0 aliphatic heterocycles. The lowest BCUT2D eigenvalue weighted by Crippen LogP contribution is -2.65. The molecule has 132 valence electrons. The first-order valence-electron chi connectivity index (χ1n) is 4.35. The number of rotatable bonds is 4. The third kappa shape index (κ3) is 2.82. The Kier molecular flexibility index (Phi) is 4.85. The molecule has 0 unspecified atom stereocenters. The molecule has 15 heteroatoms. The predicted octanol–water partition coefficient (Wildman–Crippen LogP) is 5.02. The summed E-state index contributed by atoms with van der Waals surface area (Å²) in [5.41, 5.74) is 0. The van der Waals surface area contributed by atoms with Crippen LogP contribution in [0.25, 0.3) is 0 Å². The minimum atomic E-state index is -7.40. The normalized spacial score (nSPS) is 15.9. The van der Waals surface area contributed by atoms with Crippen LogP contribution >= 0.6 is 12.2 Å². The molecular weight excluding hydrogens is 382 g/mol. The molecular formula is C7F14S. The summed E-state index contributed by atoms with van der Waals surface area (Å²) in [6.45, 7) is 0. The number of hydrogen-bond donors (Lipinski definition) is 0. The molecule has 22 heavy (non-hydrogen) atoms. The summed E-state index contributed by atoms with van der Waals surface area (Å²) < 4.78 is 170. The second-order valence-electron chi connectivity index (χ2n) is 3.62. The second kappa shape index (κ2) is 5.06. The largest absolute Gasteiger partial charge is 0.460 e. The maximum Gasteiger partial charge on any atom is 0.460 e. The van der Waals surface area contributed by atoms with E-state index in [1.807, 2.05) is 0 Å². The van der Waals surface area contributed by atoms with Gasteiger partial charge in [-0.25, -0.2) is 0 Å². The lowest BCUT2D eigenvalue weighted by molar-refractivity contribution is -0.352. The van der Waals surface area contributed by atoms with Gasteiger partial charge < -0.3 is 0 Å². The highest BCUT2D eigenvalue weighted by atomic mass is 32.1. The van der Waals surface area contributed by atoms with Crippen molar-refractivity contribution in [2.24, 2.45) is 0 Å². The van der Waals surface area contributed by atoms with Gasteiger partial charge in [0.25, 0.3) is 0 Å². The molecule has 0 heterocycles. The lowest BCUT2D eigenvalue weighted by Gasteiger charge is -2.34. The molecule has 0 aromatic rings. The summed E-state index contributed by atoms with van der Waals surface area (Å²) in [4.78, 5) is -4.40. The number of halogens is 14. The van der Waals surface area contributed by atoms with Crippen LogP contribution in [0.3, 0.4) is 0 Å². The van der Waals surface area contributed by atoms with E-state index in [4.69, 9.17) is 0 Å². The molecule has 0 aromatic heterocycles. The fraction of sp³-hybridized carbons (Fsp3) is 0.857. The first-order chi connectivity index (χ1) is 9.15. The van der Waals surface area contributed by atoms with Gasteiger partial charge in [-0.05, 0) is 0 Å². The Hall–Kier alpha value is -0.890. The zero-order valence-electron chi connectivity index (χ0n) is 9.20. The second-order valence-corrected chi connectivity index (χ2v) is 4.03. The minimum absolute atomic E-state index is 2.70. The number of alkyl halides is 14. The molecule has 0 saturated heterocycles. The van der Waals surface area contributed by atoms with Crippen molar-refractivity contribution in [2.45, 2.75) is 36.0 Å². The summed E-state index contributed by atoms with van der Waals surface area (Å²) in [6, 6.07) is 0. The van der Waals surface area contributed by atoms with E-state index >= 15 is 0 Å². The monoisotopic (exact) mass is 382 g/mol. The van der Waals surface area contributed by atoms with Gasteiger partial charge in [-0.2, -0.15) is 61.5 Å². The van der Waals surface area contributed by atoms with Crippen molar-refractivity contribution in [3.05, 3.63) is 0 Å². The van der Waals surface area contributed by atoms with E-state index in [-0.39, 0.29) is 0 Å². The molecule has 0 rings (SSSR count). The van der Waals surface area contributed by atoms with Crippen molar-refractivity contribution in [2.75, 3.05) is 0 Å². The number of thiocarbonyl (C=S) groups is 1. The average Bonchev–Trinajstić information content (AvgIpc) is 2.24. The minimum Gasteiger partial charge on any atom is -0.193 e. The standard InChI is InChI=1S/C7F14S/c8-2(9,4(12,13)6(16,17)18)1(22)3(10,11)5(14,15)7(19,20)21. The van der Waals surface area contributed by atoms with Gasteiger partial charge in [-0.3, -0.25) is 0 Å². The molecule has 0 bridgehead atoms. The van der Waals surface area contributed by atoms with Crippen molar-refractivity contribution in [3.8, 4) is 0 Å². The molecule has 0 radical (unpaired) electrons. The smallest absolute Gasteiger partial charge is 0.193 e. The first-order valence-corrected chi connectivity index (χ1v) is 4.76. The Morgan fingerprint density at radius 1 is 0.455 bits per heavy atom. The van der Waals surface area contributed by atoms with Crippen molar-refractivity contribution in [1.82, 2.24) is 0 Å². The van der Waals surface area contributed by atoms with E-state index in [9.17, 15) is 61.5 Å². The fourth-order valence-electron chi connectivity index (χ4n) is 0.838. The van der Waals surface area contributed by atoms with Crippen LogP contribution in [0, 0.1) is 0 Å². The molecule has 0 aromatic carbocycles. The average molecular weight is 382 g/mol. The molecule has 0 spiro atoms. The quantitative estimate of drug-likeness (QED) is 0.486. The van der Waals surface area contributed by atoms with Crippen LogP contribution in [0.15, 0.2) is 0 Å². The molecule has 0 N–H and O–H groups in total. The molecule has 0 aliphatic carbocycles. The highest BCUT2D eigenvalue weighted by Gasteiger charge is 2.83. The van der Waals surface area contributed by atoms with Crippen LogP contribution in [-0.2, 0) is 0 Å². The molecule has 0 nitrogen and oxygen atoms in total. The Morgan fingerprint density at radius 2 is 0.636 bits per heavy atom. The lowest BCUT2D eigenvalue weighted by atomic mass is 9.98. The van der Waals surface area contributed by atoms with Crippen molar-refractivity contribution in [1.29, 1.82) is 0 Å². The maximum atomic E-state index is 12.7. The highest BCUT2D eigenvalue weighted by molar-refractivity contribution is 7.80. The zero-order valence-corrected chi connectivity index (χ0v) is 10.0. The Morgan fingerprint density at radius 3 is 0.773 bits per heavy atom. The fourth-order valence-corrected chi connectivity index (χ4v) is 1.09. The summed E-state index contributed by atoms with van der Waals surface area (Å²) in [5, 5.41) is 0. The number of hydrogen-bond acceptors (Lipinski definition) is 1. The molecule has 0 atom stereocenters. The van der Waals surface area contributed by atoms with Gasteiger partial charge in [0.2, 0.25) is 0 Å². The third-order valence-electron chi connectivity index (χ3n) is 2.07. The zero-order chi connectivity index (χ0) is 18.6. The van der Waals surface area contributed by atoms with Gasteiger partial charge in [0.05, 0.1) is 0 Å². The van der Waals surface area contributed by atoms with Gasteiger partial charge in [0.1, 0.15) is 4.86 Å². The van der Waals surface area contributed by atoms with Gasteiger partial charge >= 0.3 is 36.0 Å². The Labute approximate surface area is 116 Å². The summed E-state index contributed by atoms with van der Waals surface area (Å²) in [5.74, 6) is -29.2. The SMILES string of the molecule is FC(F)(F)C(F)(F)C(F)(F)C(=S)C(F)(F)C(F)(F)C(F)(F)F. The van der Waals surface area contributed by atoms with E-state index in [0.29, 0.717) is 0 Å². The van der Waals surface area contributed by atoms with Gasteiger partial charge in [-0.1, -0.05) is 12.2 Å². The first kappa shape index (κ1) is 21.1. The molecule has 0 amide bonds. The van der Waals surface area contributed by atoms with Crippen LogP contribution < -0.4 is 0 Å². The van der Waals surface area contributed by atoms with Crippen LogP contribution in [0.2, 0.25) is 0 Å². The van der Waals surface area contributed by atoms with E-state index < -0.39 is 40.9 Å². The topological polar surface area (TPSA) is 0 Å². The van der Waals surface area contributed by atoms with Crippen LogP contribution in [0.1, 0.15) is 0 Å². The van der Waals surface area contributed by atoms with Crippen LogP contribution in [0.4, 0.5) is 61.5 Å². The highest BCUT2D eigenvalue weighted by Crippen LogP contribution is 2.54. The van der Waals surface area contributed by atoms with E-state index in [0.717, 1.165) is 0 Å². The maximum absolute atomic E-state index is 12.7. The summed E-state index contributed by atoms with van der Waals surface area (Å²) >= 11 is 2.70. The molecule has 0 aliphatic rings. The molecule has 0 saturated carbocycles. The van der Waals surface area contributed by atoms with Gasteiger partial charge in [0, 0.05) is 0 Å². The van der Waals surface area contributed by atoms with E-state index in [1.54, 1.807) is 0 Å². The third-order valence-corrected chi connectivity index (χ3v) is 2.58. The van der Waals surface area contributed by atoms with Gasteiger partial charge in [0.15, 0.2) is 0 Å². The van der Waals surface area contributed by atoms with E-state index in [2.05, 4.69) is 12.2 Å². The Bertz CT molecular complexity index is 399. The van der Waals surface area contributed by atoms with Gasteiger partial charge in [-0.15, -0.1) is 0 Å². The summed E-state index contributed by atoms with van der Waals surface area (Å²) in [6.07, 6.45) is -14.5. The molecule has 0 fully saturated rings. The van der Waals surface area contributed by atoms with Crippen LogP contribution in [0.5, 0.6) is 0 Å². The summed E-state index contributed by atoms with van der Waals surface area (Å²) in [7, 11) is 0. The van der Waals surface area contributed by atoms with Crippen LogP contribution in [-0.4, -0.2) is 40.9 Å². The van der Waals surface area contributed by atoms with E-state index in [1.165, 1.54) is 0 Å². The predicted molar refractivity (Wildman–Crippen MR) is 44.5 cm³/mol. The van der Waals surface area contributed by atoms with Crippen molar-refractivity contribution < 1.29 is 61.5 Å². The Balaban J connectivity index is 6.07. The van der Waals surface area contributed by atoms with Crippen molar-refractivity contribution >= 4 is 17.1 Å². The van der Waals surface area contributed by atoms with Crippen molar-refractivity contribution in [3.63, 3.8) is 0 Å².